The highest BCUT2D eigenvalue weighted by Crippen LogP contribution is 2.26. The fourth-order valence-electron chi connectivity index (χ4n) is 3.20. The molecular weight excluding hydrogens is 343 g/mol. The highest BCUT2D eigenvalue weighted by molar-refractivity contribution is 5.80. The molecule has 0 radical (unpaired) electrons. The molecule has 0 aromatic heterocycles. The second-order valence-electron chi connectivity index (χ2n) is 6.71. The van der Waals surface area contributed by atoms with Crippen molar-refractivity contribution >= 4 is 5.96 Å². The van der Waals surface area contributed by atoms with Gasteiger partial charge in [0.2, 0.25) is 0 Å². The van der Waals surface area contributed by atoms with Crippen LogP contribution in [0.25, 0.3) is 0 Å². The van der Waals surface area contributed by atoms with Gasteiger partial charge in [-0.05, 0) is 37.8 Å². The van der Waals surface area contributed by atoms with E-state index in [1.807, 2.05) is 0 Å². The molecule has 7 heteroatoms. The first-order valence-electron chi connectivity index (χ1n) is 9.01. The lowest BCUT2D eigenvalue weighted by Crippen LogP contribution is -2.48. The quantitative estimate of drug-likeness (QED) is 0.483. The lowest BCUT2D eigenvalue weighted by atomic mass is 10.00. The van der Waals surface area contributed by atoms with E-state index in [4.69, 9.17) is 4.74 Å². The number of benzene rings is 1. The zero-order valence-corrected chi connectivity index (χ0v) is 15.7. The second-order valence-corrected chi connectivity index (χ2v) is 6.71. The number of hydrogen-bond acceptors (Lipinski definition) is 2. The summed E-state index contributed by atoms with van der Waals surface area (Å²) in [6.07, 6.45) is -4.26. The van der Waals surface area contributed by atoms with Gasteiger partial charge in [-0.15, -0.1) is 0 Å². The average Bonchev–Trinajstić information content (AvgIpc) is 2.57. The van der Waals surface area contributed by atoms with Gasteiger partial charge in [-0.1, -0.05) is 23.8 Å². The zero-order valence-electron chi connectivity index (χ0n) is 15.7. The number of ether oxygens (including phenoxy) is 1. The number of nitrogens with one attached hydrogen (secondary N) is 1. The molecule has 1 N–H and O–H groups in total. The van der Waals surface area contributed by atoms with Crippen molar-refractivity contribution < 1.29 is 17.9 Å². The molecule has 1 aromatic rings. The Balaban J connectivity index is 1.88. The van der Waals surface area contributed by atoms with Crippen LogP contribution in [-0.2, 0) is 4.74 Å². The van der Waals surface area contributed by atoms with Gasteiger partial charge in [0, 0.05) is 26.6 Å². The van der Waals surface area contributed by atoms with Gasteiger partial charge in [-0.2, -0.15) is 13.2 Å². The third-order valence-corrected chi connectivity index (χ3v) is 4.52. The topological polar surface area (TPSA) is 36.9 Å². The van der Waals surface area contributed by atoms with E-state index in [1.54, 1.807) is 7.05 Å². The number of morpholine rings is 1. The van der Waals surface area contributed by atoms with Crippen LogP contribution in [0.3, 0.4) is 0 Å². The van der Waals surface area contributed by atoms with E-state index < -0.39 is 12.6 Å². The molecule has 1 fully saturated rings. The summed E-state index contributed by atoms with van der Waals surface area (Å²) >= 11 is 0. The molecule has 0 spiro atoms. The van der Waals surface area contributed by atoms with Crippen LogP contribution >= 0.6 is 0 Å². The molecule has 146 valence electrons. The van der Waals surface area contributed by atoms with Gasteiger partial charge in [-0.25, -0.2) is 0 Å². The van der Waals surface area contributed by atoms with E-state index in [2.05, 4.69) is 47.3 Å². The summed E-state index contributed by atoms with van der Waals surface area (Å²) in [5.41, 5.74) is 3.59. The second kappa shape index (κ2) is 9.26. The van der Waals surface area contributed by atoms with Gasteiger partial charge in [0.15, 0.2) is 5.96 Å². The molecule has 0 aliphatic carbocycles. The van der Waals surface area contributed by atoms with Crippen LogP contribution in [-0.4, -0.2) is 50.3 Å². The van der Waals surface area contributed by atoms with Crippen LogP contribution in [0.5, 0.6) is 0 Å². The Morgan fingerprint density at radius 1 is 1.31 bits per heavy atom. The van der Waals surface area contributed by atoms with Crippen molar-refractivity contribution in [2.75, 3.05) is 33.3 Å². The molecule has 1 heterocycles. The molecule has 1 aromatic carbocycles. The SMILES string of the molecule is CN=C(NCCCCC(F)(F)F)N1CCOC(c2ccc(C)cc2C)C1. The standard InChI is InChI=1S/C19H28F3N3O/c1-14-6-7-16(15(2)12-14)17-13-25(10-11-26-17)18(23-3)24-9-5-4-8-19(20,21)22/h6-7,12,17H,4-5,8-11,13H2,1-3H3,(H,23,24). The minimum atomic E-state index is -4.08. The number of aliphatic imine (C=N–C) groups is 1. The molecule has 0 saturated carbocycles. The van der Waals surface area contributed by atoms with E-state index in [9.17, 15) is 13.2 Å². The Kier molecular flexibility index (Phi) is 7.32. The molecule has 1 aliphatic heterocycles. The number of rotatable bonds is 5. The van der Waals surface area contributed by atoms with Crippen molar-refractivity contribution in [3.05, 3.63) is 34.9 Å². The predicted molar refractivity (Wildman–Crippen MR) is 97.4 cm³/mol. The molecular formula is C19H28F3N3O. The largest absolute Gasteiger partial charge is 0.389 e. The molecule has 4 nitrogen and oxygen atoms in total. The van der Waals surface area contributed by atoms with E-state index in [1.165, 1.54) is 16.7 Å². The lowest BCUT2D eigenvalue weighted by Gasteiger charge is -2.36. The van der Waals surface area contributed by atoms with Crippen molar-refractivity contribution in [3.63, 3.8) is 0 Å². The van der Waals surface area contributed by atoms with E-state index >= 15 is 0 Å². The van der Waals surface area contributed by atoms with Gasteiger partial charge in [-0.3, -0.25) is 4.99 Å². The number of unbranched alkanes of at least 4 members (excludes halogenated alkanes) is 1. The Bertz CT molecular complexity index is 617. The Hall–Kier alpha value is -1.76. The van der Waals surface area contributed by atoms with Crippen molar-refractivity contribution in [2.24, 2.45) is 4.99 Å². The van der Waals surface area contributed by atoms with Crippen LogP contribution in [0, 0.1) is 13.8 Å². The first-order valence-corrected chi connectivity index (χ1v) is 9.01. The molecule has 1 unspecified atom stereocenters. The maximum atomic E-state index is 12.2. The number of halogens is 3. The predicted octanol–water partition coefficient (Wildman–Crippen LogP) is 3.98. The lowest BCUT2D eigenvalue weighted by molar-refractivity contribution is -0.135. The fraction of sp³-hybridized carbons (Fsp3) is 0.632. The summed E-state index contributed by atoms with van der Waals surface area (Å²) in [7, 11) is 1.69. The molecule has 0 amide bonds. The van der Waals surface area contributed by atoms with Gasteiger partial charge in [0.25, 0.3) is 0 Å². The summed E-state index contributed by atoms with van der Waals surface area (Å²) in [4.78, 5) is 6.38. The smallest absolute Gasteiger partial charge is 0.370 e. The average molecular weight is 371 g/mol. The number of guanidine groups is 1. The Labute approximate surface area is 153 Å². The van der Waals surface area contributed by atoms with Crippen molar-refractivity contribution in [2.45, 2.75) is 45.4 Å². The first-order chi connectivity index (χ1) is 12.3. The number of nitrogens with zero attached hydrogens (tertiary/aromatic N) is 2. The van der Waals surface area contributed by atoms with E-state index in [-0.39, 0.29) is 12.5 Å². The Morgan fingerprint density at radius 2 is 2.08 bits per heavy atom. The summed E-state index contributed by atoms with van der Waals surface area (Å²) in [6, 6.07) is 6.33. The molecule has 26 heavy (non-hydrogen) atoms. The van der Waals surface area contributed by atoms with Gasteiger partial charge >= 0.3 is 6.18 Å². The van der Waals surface area contributed by atoms with Crippen LogP contribution < -0.4 is 5.32 Å². The van der Waals surface area contributed by atoms with E-state index in [0.717, 1.165) is 5.96 Å². The summed E-state index contributed by atoms with van der Waals surface area (Å²) in [5.74, 6) is 0.718. The molecule has 1 atom stereocenters. The van der Waals surface area contributed by atoms with Gasteiger partial charge in [0.05, 0.1) is 13.2 Å². The maximum absolute atomic E-state index is 12.2. The first kappa shape index (κ1) is 20.6. The van der Waals surface area contributed by atoms with Crippen molar-refractivity contribution in [1.82, 2.24) is 10.2 Å². The molecule has 2 rings (SSSR count). The zero-order chi connectivity index (χ0) is 19.2. The minimum absolute atomic E-state index is 0.0341. The monoisotopic (exact) mass is 371 g/mol. The highest BCUT2D eigenvalue weighted by Gasteiger charge is 2.27. The number of alkyl halides is 3. The third kappa shape index (κ3) is 6.20. The van der Waals surface area contributed by atoms with Crippen LogP contribution in [0.4, 0.5) is 13.2 Å². The van der Waals surface area contributed by atoms with Gasteiger partial charge in [0.1, 0.15) is 6.10 Å². The van der Waals surface area contributed by atoms with Crippen LogP contribution in [0.2, 0.25) is 0 Å². The molecule has 1 aliphatic rings. The van der Waals surface area contributed by atoms with Crippen molar-refractivity contribution in [1.29, 1.82) is 0 Å². The summed E-state index contributed by atoms with van der Waals surface area (Å²) in [6.45, 7) is 6.60. The van der Waals surface area contributed by atoms with Crippen LogP contribution in [0.15, 0.2) is 23.2 Å². The number of aryl methyl sites for hydroxylation is 2. The van der Waals surface area contributed by atoms with Crippen molar-refractivity contribution in [3.8, 4) is 0 Å². The van der Waals surface area contributed by atoms with Crippen LogP contribution in [0.1, 0.15) is 42.1 Å². The minimum Gasteiger partial charge on any atom is -0.370 e. The van der Waals surface area contributed by atoms with Gasteiger partial charge < -0.3 is 15.0 Å². The summed E-state index contributed by atoms with van der Waals surface area (Å²) in [5, 5.41) is 3.17. The molecule has 1 saturated heterocycles. The Morgan fingerprint density at radius 3 is 2.73 bits per heavy atom. The third-order valence-electron chi connectivity index (χ3n) is 4.52. The van der Waals surface area contributed by atoms with E-state index in [0.29, 0.717) is 32.7 Å². The highest BCUT2D eigenvalue weighted by atomic mass is 19.4. The normalized spacial score (nSPS) is 18.9. The fourth-order valence-corrected chi connectivity index (χ4v) is 3.20. The summed E-state index contributed by atoms with van der Waals surface area (Å²) < 4.78 is 42.5. The molecule has 0 bridgehead atoms. The number of hydrogen-bond donors (Lipinski definition) is 1. The maximum Gasteiger partial charge on any atom is 0.389 e.